The molecule has 0 saturated carbocycles. The molecule has 0 N–H and O–H groups in total. The number of thiophene rings is 1. The summed E-state index contributed by atoms with van der Waals surface area (Å²) in [4.78, 5) is 25.2. The Bertz CT molecular complexity index is 329. The fraction of sp³-hybridized carbons (Fsp3) is 0.400. The number of rotatable bonds is 4. The number of amides is 1. The van der Waals surface area contributed by atoms with Gasteiger partial charge in [0.1, 0.15) is 0 Å². The molecular weight excluding hydrogens is 198 g/mol. The van der Waals surface area contributed by atoms with Crippen molar-refractivity contribution in [1.82, 2.24) is 4.90 Å². The highest BCUT2D eigenvalue weighted by atomic mass is 32.1. The minimum absolute atomic E-state index is 0.00750. The molecule has 0 aliphatic heterocycles. The summed E-state index contributed by atoms with van der Waals surface area (Å²) < 4.78 is 0. The Morgan fingerprint density at radius 1 is 1.43 bits per heavy atom. The van der Waals surface area contributed by atoms with Crippen LogP contribution in [0.5, 0.6) is 0 Å². The molecule has 0 aliphatic rings. The molecule has 1 heterocycles. The lowest BCUT2D eigenvalue weighted by Gasteiger charge is -2.17. The van der Waals surface area contributed by atoms with E-state index in [-0.39, 0.29) is 5.91 Å². The molecular formula is C10H13NO2S. The van der Waals surface area contributed by atoms with E-state index in [0.29, 0.717) is 22.8 Å². The summed E-state index contributed by atoms with van der Waals surface area (Å²) in [5.41, 5.74) is 0. The standard InChI is InChI=1S/C10H13NO2S/c1-3-11(4-2)10(13)9-6-5-8(7-12)14-9/h5-7H,3-4H2,1-2H3. The van der Waals surface area contributed by atoms with Gasteiger partial charge in [0, 0.05) is 13.1 Å². The number of aldehydes is 1. The van der Waals surface area contributed by atoms with Crippen LogP contribution in [0.15, 0.2) is 12.1 Å². The molecule has 0 atom stereocenters. The number of carbonyl (C=O) groups is 2. The maximum atomic E-state index is 11.8. The lowest BCUT2D eigenvalue weighted by molar-refractivity contribution is 0.0777. The minimum atomic E-state index is 0.00750. The Balaban J connectivity index is 2.82. The van der Waals surface area contributed by atoms with Gasteiger partial charge in [-0.1, -0.05) is 0 Å². The highest BCUT2D eigenvalue weighted by Crippen LogP contribution is 2.16. The zero-order chi connectivity index (χ0) is 10.6. The first-order chi connectivity index (χ1) is 6.72. The molecule has 1 amide bonds. The Morgan fingerprint density at radius 3 is 2.50 bits per heavy atom. The van der Waals surface area contributed by atoms with E-state index in [2.05, 4.69) is 0 Å². The van der Waals surface area contributed by atoms with Crippen LogP contribution >= 0.6 is 11.3 Å². The van der Waals surface area contributed by atoms with Crippen molar-refractivity contribution in [1.29, 1.82) is 0 Å². The van der Waals surface area contributed by atoms with E-state index in [0.717, 1.165) is 6.29 Å². The van der Waals surface area contributed by atoms with Gasteiger partial charge in [-0.2, -0.15) is 0 Å². The number of hydrogen-bond acceptors (Lipinski definition) is 3. The Labute approximate surface area is 87.3 Å². The minimum Gasteiger partial charge on any atom is -0.339 e. The second-order valence-electron chi connectivity index (χ2n) is 2.80. The lowest BCUT2D eigenvalue weighted by Crippen LogP contribution is -2.29. The monoisotopic (exact) mass is 211 g/mol. The SMILES string of the molecule is CCN(CC)C(=O)c1ccc(C=O)s1. The molecule has 0 spiro atoms. The lowest BCUT2D eigenvalue weighted by atomic mass is 10.3. The summed E-state index contributed by atoms with van der Waals surface area (Å²) in [5, 5.41) is 0. The van der Waals surface area contributed by atoms with Crippen LogP contribution in [0.4, 0.5) is 0 Å². The number of nitrogens with zero attached hydrogens (tertiary/aromatic N) is 1. The molecule has 0 fully saturated rings. The average Bonchev–Trinajstić information content (AvgIpc) is 2.67. The quantitative estimate of drug-likeness (QED) is 0.715. The van der Waals surface area contributed by atoms with Crippen LogP contribution in [0, 0.1) is 0 Å². The van der Waals surface area contributed by atoms with E-state index in [4.69, 9.17) is 0 Å². The van der Waals surface area contributed by atoms with Gasteiger partial charge in [-0.25, -0.2) is 0 Å². The molecule has 0 unspecified atom stereocenters. The van der Waals surface area contributed by atoms with Crippen molar-refractivity contribution in [2.45, 2.75) is 13.8 Å². The van der Waals surface area contributed by atoms with Gasteiger partial charge in [-0.3, -0.25) is 9.59 Å². The maximum Gasteiger partial charge on any atom is 0.263 e. The smallest absolute Gasteiger partial charge is 0.263 e. The first kappa shape index (κ1) is 10.9. The fourth-order valence-corrected chi connectivity index (χ4v) is 1.99. The van der Waals surface area contributed by atoms with Gasteiger partial charge in [0.15, 0.2) is 6.29 Å². The highest BCUT2D eigenvalue weighted by Gasteiger charge is 2.14. The van der Waals surface area contributed by atoms with Crippen LogP contribution < -0.4 is 0 Å². The number of carbonyl (C=O) groups excluding carboxylic acids is 2. The van der Waals surface area contributed by atoms with Crippen LogP contribution in [-0.4, -0.2) is 30.2 Å². The second kappa shape index (κ2) is 4.91. The van der Waals surface area contributed by atoms with E-state index in [9.17, 15) is 9.59 Å². The summed E-state index contributed by atoms with van der Waals surface area (Å²) in [5.74, 6) is 0.00750. The van der Waals surface area contributed by atoms with Crippen LogP contribution in [0.1, 0.15) is 33.2 Å². The molecule has 3 nitrogen and oxygen atoms in total. The highest BCUT2D eigenvalue weighted by molar-refractivity contribution is 7.15. The summed E-state index contributed by atoms with van der Waals surface area (Å²) >= 11 is 1.24. The van der Waals surface area contributed by atoms with Crippen molar-refractivity contribution in [3.63, 3.8) is 0 Å². The molecule has 14 heavy (non-hydrogen) atoms. The Hall–Kier alpha value is -1.16. The van der Waals surface area contributed by atoms with Gasteiger partial charge in [0.05, 0.1) is 9.75 Å². The van der Waals surface area contributed by atoms with E-state index < -0.39 is 0 Å². The predicted molar refractivity (Wildman–Crippen MR) is 57.0 cm³/mol. The third-order valence-corrected chi connectivity index (χ3v) is 3.00. The molecule has 0 saturated heterocycles. The third kappa shape index (κ3) is 2.20. The molecule has 0 aliphatic carbocycles. The molecule has 76 valence electrons. The van der Waals surface area contributed by atoms with Crippen LogP contribution in [0.25, 0.3) is 0 Å². The molecule has 1 rings (SSSR count). The van der Waals surface area contributed by atoms with Crippen molar-refractivity contribution >= 4 is 23.5 Å². The first-order valence-electron chi connectivity index (χ1n) is 4.57. The summed E-state index contributed by atoms with van der Waals surface area (Å²) in [7, 11) is 0. The summed E-state index contributed by atoms with van der Waals surface area (Å²) in [6, 6.07) is 3.38. The first-order valence-corrected chi connectivity index (χ1v) is 5.38. The molecule has 4 heteroatoms. The van der Waals surface area contributed by atoms with Gasteiger partial charge < -0.3 is 4.90 Å². The number of hydrogen-bond donors (Lipinski definition) is 0. The zero-order valence-corrected chi connectivity index (χ0v) is 9.13. The normalized spacial score (nSPS) is 9.86. The van der Waals surface area contributed by atoms with Gasteiger partial charge in [0.25, 0.3) is 5.91 Å². The van der Waals surface area contributed by atoms with E-state index >= 15 is 0 Å². The van der Waals surface area contributed by atoms with Gasteiger partial charge in [-0.15, -0.1) is 11.3 Å². The van der Waals surface area contributed by atoms with Crippen LogP contribution in [-0.2, 0) is 0 Å². The van der Waals surface area contributed by atoms with E-state index in [1.54, 1.807) is 17.0 Å². The molecule has 0 aromatic carbocycles. The molecule has 0 bridgehead atoms. The average molecular weight is 211 g/mol. The predicted octanol–water partition coefficient (Wildman–Crippen LogP) is 2.04. The van der Waals surface area contributed by atoms with Crippen molar-refractivity contribution in [3.05, 3.63) is 21.9 Å². The Morgan fingerprint density at radius 2 is 2.07 bits per heavy atom. The third-order valence-electron chi connectivity index (χ3n) is 2.00. The van der Waals surface area contributed by atoms with Crippen LogP contribution in [0.3, 0.4) is 0 Å². The van der Waals surface area contributed by atoms with Crippen molar-refractivity contribution < 1.29 is 9.59 Å². The van der Waals surface area contributed by atoms with Crippen molar-refractivity contribution in [2.75, 3.05) is 13.1 Å². The topological polar surface area (TPSA) is 37.4 Å². The molecule has 1 aromatic rings. The van der Waals surface area contributed by atoms with Gasteiger partial charge >= 0.3 is 0 Å². The maximum absolute atomic E-state index is 11.8. The van der Waals surface area contributed by atoms with Crippen molar-refractivity contribution in [3.8, 4) is 0 Å². The van der Waals surface area contributed by atoms with Crippen LogP contribution in [0.2, 0.25) is 0 Å². The molecule has 1 aromatic heterocycles. The van der Waals surface area contributed by atoms with Gasteiger partial charge in [-0.05, 0) is 26.0 Å². The summed E-state index contributed by atoms with van der Waals surface area (Å²) in [6.45, 7) is 5.28. The largest absolute Gasteiger partial charge is 0.339 e. The fourth-order valence-electron chi connectivity index (χ4n) is 1.20. The van der Waals surface area contributed by atoms with E-state index in [1.165, 1.54) is 11.3 Å². The van der Waals surface area contributed by atoms with Gasteiger partial charge in [0.2, 0.25) is 0 Å². The zero-order valence-electron chi connectivity index (χ0n) is 8.32. The summed E-state index contributed by atoms with van der Waals surface area (Å²) in [6.07, 6.45) is 0.768. The Kier molecular flexibility index (Phi) is 3.83. The van der Waals surface area contributed by atoms with Crippen molar-refractivity contribution in [2.24, 2.45) is 0 Å². The second-order valence-corrected chi connectivity index (χ2v) is 3.91. The molecule has 0 radical (unpaired) electrons. The van der Waals surface area contributed by atoms with E-state index in [1.807, 2.05) is 13.8 Å².